The number of hydrogen-bond acceptors (Lipinski definition) is 2. The van der Waals surface area contributed by atoms with Gasteiger partial charge < -0.3 is 14.8 Å². The highest BCUT2D eigenvalue weighted by Gasteiger charge is 2.24. The summed E-state index contributed by atoms with van der Waals surface area (Å²) in [6, 6.07) is 14.6. The van der Waals surface area contributed by atoms with E-state index in [4.69, 9.17) is 11.6 Å². The lowest BCUT2D eigenvalue weighted by Gasteiger charge is -2.32. The summed E-state index contributed by atoms with van der Waals surface area (Å²) >= 11 is 6.48. The van der Waals surface area contributed by atoms with E-state index in [0.29, 0.717) is 18.2 Å². The van der Waals surface area contributed by atoms with Gasteiger partial charge >= 0.3 is 0 Å². The molecular formula is C26H30ClN3O. The fourth-order valence-corrected chi connectivity index (χ4v) is 5.56. The Morgan fingerprint density at radius 2 is 1.84 bits per heavy atom. The molecule has 5 heteroatoms. The van der Waals surface area contributed by atoms with E-state index in [2.05, 4.69) is 46.4 Å². The molecule has 1 amide bonds. The van der Waals surface area contributed by atoms with Crippen LogP contribution < -0.4 is 0 Å². The van der Waals surface area contributed by atoms with Gasteiger partial charge in [-0.3, -0.25) is 4.79 Å². The van der Waals surface area contributed by atoms with E-state index in [0.717, 1.165) is 68.9 Å². The van der Waals surface area contributed by atoms with E-state index in [1.165, 1.54) is 22.1 Å². The largest absolute Gasteiger partial charge is 0.361 e. The number of hydrogen-bond donors (Lipinski definition) is 1. The average molecular weight is 436 g/mol. The van der Waals surface area contributed by atoms with Gasteiger partial charge in [0.25, 0.3) is 0 Å². The van der Waals surface area contributed by atoms with Crippen molar-refractivity contribution in [2.75, 3.05) is 26.2 Å². The van der Waals surface area contributed by atoms with Crippen LogP contribution in [0.1, 0.15) is 48.3 Å². The number of amides is 1. The predicted octanol–water partition coefficient (Wildman–Crippen LogP) is 5.37. The molecule has 0 unspecified atom stereocenters. The summed E-state index contributed by atoms with van der Waals surface area (Å²) in [5, 5.41) is 2.03. The fourth-order valence-electron chi connectivity index (χ4n) is 5.28. The van der Waals surface area contributed by atoms with Crippen molar-refractivity contribution in [3.8, 4) is 0 Å². The van der Waals surface area contributed by atoms with Crippen molar-refractivity contribution in [3.63, 3.8) is 0 Å². The third-order valence-corrected chi connectivity index (χ3v) is 7.38. The van der Waals surface area contributed by atoms with Crippen LogP contribution in [0.25, 0.3) is 10.9 Å². The summed E-state index contributed by atoms with van der Waals surface area (Å²) in [4.78, 5) is 20.6. The Balaban J connectivity index is 1.09. The number of halogens is 1. The van der Waals surface area contributed by atoms with Crippen molar-refractivity contribution in [3.05, 3.63) is 70.4 Å². The molecule has 2 aromatic carbocycles. The second kappa shape index (κ2) is 9.05. The van der Waals surface area contributed by atoms with Crippen LogP contribution in [0.2, 0.25) is 5.02 Å². The Labute approximate surface area is 189 Å². The van der Waals surface area contributed by atoms with E-state index in [9.17, 15) is 4.79 Å². The first-order valence-electron chi connectivity index (χ1n) is 11.5. The van der Waals surface area contributed by atoms with Gasteiger partial charge in [-0.05, 0) is 80.1 Å². The maximum atomic E-state index is 12.7. The van der Waals surface area contributed by atoms with E-state index in [1.54, 1.807) is 0 Å². The SMILES string of the molecule is O=C(CCCN1CCC(c2c[nH]c3cccc(Cl)c23)CC1)N1CCc2ccccc2C1. The van der Waals surface area contributed by atoms with Gasteiger partial charge in [-0.1, -0.05) is 41.9 Å². The first kappa shape index (κ1) is 20.6. The Bertz CT molecular complexity index is 1070. The lowest BCUT2D eigenvalue weighted by Crippen LogP contribution is -2.37. The molecule has 0 atom stereocenters. The summed E-state index contributed by atoms with van der Waals surface area (Å²) < 4.78 is 0. The van der Waals surface area contributed by atoms with Crippen LogP contribution in [0.5, 0.6) is 0 Å². The molecule has 3 heterocycles. The zero-order valence-electron chi connectivity index (χ0n) is 17.9. The normalized spacial score (nSPS) is 17.8. The van der Waals surface area contributed by atoms with E-state index >= 15 is 0 Å². The van der Waals surface area contributed by atoms with Crippen molar-refractivity contribution >= 4 is 28.4 Å². The Morgan fingerprint density at radius 3 is 2.68 bits per heavy atom. The third kappa shape index (κ3) is 4.37. The molecule has 0 aliphatic carbocycles. The number of aromatic amines is 1. The van der Waals surface area contributed by atoms with Gasteiger partial charge in [-0.15, -0.1) is 0 Å². The van der Waals surface area contributed by atoms with Crippen LogP contribution >= 0.6 is 11.6 Å². The number of carbonyl (C=O) groups is 1. The number of piperidine rings is 1. The molecule has 2 aliphatic rings. The van der Waals surface area contributed by atoms with E-state index in [1.807, 2.05) is 17.0 Å². The van der Waals surface area contributed by atoms with Gasteiger partial charge in [0.1, 0.15) is 0 Å². The number of nitrogens with one attached hydrogen (secondary N) is 1. The number of likely N-dealkylation sites (tertiary alicyclic amines) is 1. The molecule has 4 nitrogen and oxygen atoms in total. The number of carbonyl (C=O) groups excluding carboxylic acids is 1. The molecule has 1 aromatic heterocycles. The summed E-state index contributed by atoms with van der Waals surface area (Å²) in [6.07, 6.45) is 7.02. The summed E-state index contributed by atoms with van der Waals surface area (Å²) in [6.45, 7) is 4.82. The van der Waals surface area contributed by atoms with Gasteiger partial charge in [-0.25, -0.2) is 0 Å². The van der Waals surface area contributed by atoms with Crippen molar-refractivity contribution in [2.24, 2.45) is 0 Å². The van der Waals surface area contributed by atoms with Crippen LogP contribution in [0.15, 0.2) is 48.7 Å². The number of benzene rings is 2. The van der Waals surface area contributed by atoms with Crippen LogP contribution in [-0.2, 0) is 17.8 Å². The number of fused-ring (bicyclic) bond motifs is 2. The smallest absolute Gasteiger partial charge is 0.222 e. The highest BCUT2D eigenvalue weighted by atomic mass is 35.5. The summed E-state index contributed by atoms with van der Waals surface area (Å²) in [5.74, 6) is 0.859. The van der Waals surface area contributed by atoms with Gasteiger partial charge in [0.2, 0.25) is 5.91 Å². The minimum atomic E-state index is 0.304. The van der Waals surface area contributed by atoms with Gasteiger partial charge in [0.15, 0.2) is 0 Å². The van der Waals surface area contributed by atoms with Crippen LogP contribution in [-0.4, -0.2) is 46.9 Å². The van der Waals surface area contributed by atoms with Crippen molar-refractivity contribution in [1.29, 1.82) is 0 Å². The summed E-state index contributed by atoms with van der Waals surface area (Å²) in [5.41, 5.74) is 5.19. The Morgan fingerprint density at radius 1 is 1.03 bits per heavy atom. The standard InChI is InChI=1S/C26H30ClN3O/c27-23-7-3-8-24-26(23)22(17-28-24)20-10-14-29(15-11-20)13-4-9-25(31)30-16-12-19-5-1-2-6-21(19)18-30/h1-3,5-8,17,20,28H,4,9-16,18H2. The van der Waals surface area contributed by atoms with Gasteiger partial charge in [0, 0.05) is 36.6 Å². The molecule has 0 radical (unpaired) electrons. The Hall–Kier alpha value is -2.30. The number of H-pyrrole nitrogens is 1. The number of nitrogens with zero attached hydrogens (tertiary/aromatic N) is 2. The third-order valence-electron chi connectivity index (χ3n) is 7.06. The second-order valence-corrected chi connectivity index (χ2v) is 9.37. The lowest BCUT2D eigenvalue weighted by atomic mass is 9.89. The van der Waals surface area contributed by atoms with Crippen LogP contribution in [0, 0.1) is 0 Å². The molecule has 0 bridgehead atoms. The zero-order chi connectivity index (χ0) is 21.2. The number of aromatic nitrogens is 1. The first-order chi connectivity index (χ1) is 15.2. The maximum absolute atomic E-state index is 12.7. The number of rotatable bonds is 5. The maximum Gasteiger partial charge on any atom is 0.222 e. The van der Waals surface area contributed by atoms with Crippen LogP contribution in [0.3, 0.4) is 0 Å². The minimum Gasteiger partial charge on any atom is -0.361 e. The van der Waals surface area contributed by atoms with Crippen molar-refractivity contribution in [2.45, 2.75) is 44.6 Å². The monoisotopic (exact) mass is 435 g/mol. The average Bonchev–Trinajstić information content (AvgIpc) is 3.25. The molecular weight excluding hydrogens is 406 g/mol. The highest BCUT2D eigenvalue weighted by Crippen LogP contribution is 2.36. The van der Waals surface area contributed by atoms with Crippen LogP contribution in [0.4, 0.5) is 0 Å². The van der Waals surface area contributed by atoms with Crippen molar-refractivity contribution < 1.29 is 4.79 Å². The first-order valence-corrected chi connectivity index (χ1v) is 11.9. The topological polar surface area (TPSA) is 39.3 Å². The predicted molar refractivity (Wildman–Crippen MR) is 127 cm³/mol. The van der Waals surface area contributed by atoms with E-state index < -0.39 is 0 Å². The quantitative estimate of drug-likeness (QED) is 0.585. The molecule has 5 rings (SSSR count). The molecule has 0 spiro atoms. The Kier molecular flexibility index (Phi) is 6.02. The highest BCUT2D eigenvalue weighted by molar-refractivity contribution is 6.35. The molecule has 1 N–H and O–H groups in total. The summed E-state index contributed by atoms with van der Waals surface area (Å²) in [7, 11) is 0. The zero-order valence-corrected chi connectivity index (χ0v) is 18.7. The van der Waals surface area contributed by atoms with Gasteiger partial charge in [0.05, 0.1) is 5.02 Å². The molecule has 162 valence electrons. The minimum absolute atomic E-state index is 0.304. The molecule has 3 aromatic rings. The molecule has 0 saturated carbocycles. The lowest BCUT2D eigenvalue weighted by molar-refractivity contribution is -0.132. The fraction of sp³-hybridized carbons (Fsp3) is 0.423. The molecule has 2 aliphatic heterocycles. The van der Waals surface area contributed by atoms with Crippen molar-refractivity contribution in [1.82, 2.24) is 14.8 Å². The molecule has 1 fully saturated rings. The van der Waals surface area contributed by atoms with E-state index in [-0.39, 0.29) is 0 Å². The van der Waals surface area contributed by atoms with Gasteiger partial charge in [-0.2, -0.15) is 0 Å². The molecule has 31 heavy (non-hydrogen) atoms. The molecule has 1 saturated heterocycles. The second-order valence-electron chi connectivity index (χ2n) is 8.96.